The number of likely N-dealkylation sites (N-methyl/N-ethyl adjacent to an activating group) is 1. The average Bonchev–Trinajstić information content (AvgIpc) is 2.21. The van der Waals surface area contributed by atoms with Gasteiger partial charge in [0.2, 0.25) is 11.8 Å². The average molecular weight is 245 g/mol. The van der Waals surface area contributed by atoms with Gasteiger partial charge in [-0.3, -0.25) is 9.59 Å². The standard InChI is InChI=1S/C10H19N3O4/c1-6(9(15)13(3)4)11-5-8(10(16)17)12-7(2)14/h6,8,11H,5H2,1-4H3,(H,12,14)(H,16,17). The van der Waals surface area contributed by atoms with Crippen LogP contribution in [0.25, 0.3) is 0 Å². The lowest BCUT2D eigenvalue weighted by atomic mass is 10.2. The summed E-state index contributed by atoms with van der Waals surface area (Å²) < 4.78 is 0. The fourth-order valence-electron chi connectivity index (χ4n) is 1.21. The van der Waals surface area contributed by atoms with Crippen molar-refractivity contribution in [2.75, 3.05) is 20.6 Å². The first-order valence-electron chi connectivity index (χ1n) is 5.20. The summed E-state index contributed by atoms with van der Waals surface area (Å²) in [6.07, 6.45) is 0. The Balaban J connectivity index is 4.26. The zero-order valence-electron chi connectivity index (χ0n) is 10.5. The van der Waals surface area contributed by atoms with E-state index >= 15 is 0 Å². The molecule has 3 N–H and O–H groups in total. The van der Waals surface area contributed by atoms with Gasteiger partial charge < -0.3 is 20.6 Å². The number of hydrogen-bond acceptors (Lipinski definition) is 4. The molecule has 0 aromatic heterocycles. The summed E-state index contributed by atoms with van der Waals surface area (Å²) in [7, 11) is 3.23. The van der Waals surface area contributed by atoms with Crippen LogP contribution in [0, 0.1) is 0 Å². The number of amides is 2. The maximum Gasteiger partial charge on any atom is 0.327 e. The molecule has 98 valence electrons. The minimum Gasteiger partial charge on any atom is -0.480 e. The van der Waals surface area contributed by atoms with Crippen LogP contribution in [0.5, 0.6) is 0 Å². The van der Waals surface area contributed by atoms with Crippen molar-refractivity contribution >= 4 is 17.8 Å². The monoisotopic (exact) mass is 245 g/mol. The van der Waals surface area contributed by atoms with Crippen LogP contribution in [0.15, 0.2) is 0 Å². The van der Waals surface area contributed by atoms with E-state index in [1.807, 2.05) is 0 Å². The van der Waals surface area contributed by atoms with Crippen molar-refractivity contribution in [2.45, 2.75) is 25.9 Å². The van der Waals surface area contributed by atoms with Crippen molar-refractivity contribution < 1.29 is 19.5 Å². The highest BCUT2D eigenvalue weighted by atomic mass is 16.4. The summed E-state index contributed by atoms with van der Waals surface area (Å²) in [6, 6.07) is -1.54. The highest BCUT2D eigenvalue weighted by molar-refractivity contribution is 5.83. The normalized spacial score (nSPS) is 13.6. The number of carbonyl (C=O) groups excluding carboxylic acids is 2. The quantitative estimate of drug-likeness (QED) is 0.537. The van der Waals surface area contributed by atoms with E-state index in [9.17, 15) is 14.4 Å². The van der Waals surface area contributed by atoms with Gasteiger partial charge in [-0.05, 0) is 6.92 Å². The summed E-state index contributed by atoms with van der Waals surface area (Å²) in [5.41, 5.74) is 0. The maximum absolute atomic E-state index is 11.5. The molecule has 2 unspecified atom stereocenters. The van der Waals surface area contributed by atoms with Crippen LogP contribution in [0.1, 0.15) is 13.8 Å². The zero-order valence-corrected chi connectivity index (χ0v) is 10.5. The lowest BCUT2D eigenvalue weighted by molar-refractivity contribution is -0.141. The molecule has 0 heterocycles. The molecule has 0 fully saturated rings. The molecule has 0 rings (SSSR count). The maximum atomic E-state index is 11.5. The highest BCUT2D eigenvalue weighted by Crippen LogP contribution is 1.90. The molecule has 0 aromatic rings. The first-order valence-corrected chi connectivity index (χ1v) is 5.20. The van der Waals surface area contributed by atoms with E-state index < -0.39 is 24.0 Å². The van der Waals surface area contributed by atoms with Crippen LogP contribution < -0.4 is 10.6 Å². The number of nitrogens with one attached hydrogen (secondary N) is 2. The van der Waals surface area contributed by atoms with Crippen LogP contribution in [0.2, 0.25) is 0 Å². The lowest BCUT2D eigenvalue weighted by Gasteiger charge is -2.20. The van der Waals surface area contributed by atoms with Gasteiger partial charge in [-0.1, -0.05) is 0 Å². The van der Waals surface area contributed by atoms with Crippen molar-refractivity contribution in [3.05, 3.63) is 0 Å². The third-order valence-corrected chi connectivity index (χ3v) is 2.11. The predicted octanol–water partition coefficient (Wildman–Crippen LogP) is -1.36. The first kappa shape index (κ1) is 15.4. The van der Waals surface area contributed by atoms with Crippen LogP contribution in [-0.4, -0.2) is 60.5 Å². The van der Waals surface area contributed by atoms with Gasteiger partial charge in [-0.2, -0.15) is 0 Å². The summed E-state index contributed by atoms with van der Waals surface area (Å²) in [6.45, 7) is 2.87. The van der Waals surface area contributed by atoms with Crippen LogP contribution in [0.4, 0.5) is 0 Å². The Hall–Kier alpha value is -1.63. The Kier molecular flexibility index (Phi) is 6.19. The minimum absolute atomic E-state index is 0.00431. The molecule has 0 aliphatic heterocycles. The van der Waals surface area contributed by atoms with E-state index in [-0.39, 0.29) is 12.5 Å². The van der Waals surface area contributed by atoms with Gasteiger partial charge >= 0.3 is 5.97 Å². The van der Waals surface area contributed by atoms with Crippen molar-refractivity contribution in [3.8, 4) is 0 Å². The number of carboxylic acid groups (broad SMARTS) is 1. The van der Waals surface area contributed by atoms with E-state index in [0.29, 0.717) is 0 Å². The van der Waals surface area contributed by atoms with Gasteiger partial charge in [0, 0.05) is 27.6 Å². The second-order valence-corrected chi connectivity index (χ2v) is 3.95. The van der Waals surface area contributed by atoms with Crippen LogP contribution in [-0.2, 0) is 14.4 Å². The molecule has 0 aliphatic carbocycles. The largest absolute Gasteiger partial charge is 0.480 e. The van der Waals surface area contributed by atoms with Gasteiger partial charge in [0.05, 0.1) is 6.04 Å². The Labute approximate surface area is 100 Å². The topological polar surface area (TPSA) is 98.7 Å². The minimum atomic E-state index is -1.14. The molecule has 0 spiro atoms. The molecule has 0 aliphatic rings. The summed E-state index contributed by atoms with van der Waals surface area (Å²) in [5.74, 6) is -1.72. The lowest BCUT2D eigenvalue weighted by Crippen LogP contribution is -2.51. The number of carbonyl (C=O) groups is 3. The molecule has 0 radical (unpaired) electrons. The Bertz CT molecular complexity index is 304. The number of rotatable bonds is 6. The molecule has 17 heavy (non-hydrogen) atoms. The number of nitrogens with zero attached hydrogens (tertiary/aromatic N) is 1. The van der Waals surface area contributed by atoms with Crippen LogP contribution >= 0.6 is 0 Å². The number of aliphatic carboxylic acids is 1. The molecule has 2 amide bonds. The molecule has 7 heteroatoms. The van der Waals surface area contributed by atoms with Crippen LogP contribution in [0.3, 0.4) is 0 Å². The van der Waals surface area contributed by atoms with E-state index in [0.717, 1.165) is 0 Å². The van der Waals surface area contributed by atoms with E-state index in [1.54, 1.807) is 21.0 Å². The fraction of sp³-hybridized carbons (Fsp3) is 0.700. The second kappa shape index (κ2) is 6.85. The first-order chi connectivity index (χ1) is 7.75. The van der Waals surface area contributed by atoms with Gasteiger partial charge in [0.25, 0.3) is 0 Å². The molecule has 0 bridgehead atoms. The summed E-state index contributed by atoms with van der Waals surface area (Å²) >= 11 is 0. The second-order valence-electron chi connectivity index (χ2n) is 3.95. The number of hydrogen-bond donors (Lipinski definition) is 3. The molecule has 0 saturated heterocycles. The SMILES string of the molecule is CC(=O)NC(CNC(C)C(=O)N(C)C)C(=O)O. The molecule has 2 atom stereocenters. The van der Waals surface area contributed by atoms with E-state index in [2.05, 4.69) is 10.6 Å². The van der Waals surface area contributed by atoms with Crippen molar-refractivity contribution in [1.29, 1.82) is 0 Å². The summed E-state index contributed by atoms with van der Waals surface area (Å²) in [5, 5.41) is 13.9. The Morgan fingerprint density at radius 1 is 1.29 bits per heavy atom. The van der Waals surface area contributed by atoms with Gasteiger partial charge in [-0.25, -0.2) is 4.79 Å². The van der Waals surface area contributed by atoms with Gasteiger partial charge in [0.1, 0.15) is 6.04 Å². The highest BCUT2D eigenvalue weighted by Gasteiger charge is 2.21. The smallest absolute Gasteiger partial charge is 0.327 e. The Morgan fingerprint density at radius 3 is 2.18 bits per heavy atom. The molecule has 0 saturated carbocycles. The van der Waals surface area contributed by atoms with Crippen molar-refractivity contribution in [3.63, 3.8) is 0 Å². The molecular weight excluding hydrogens is 226 g/mol. The van der Waals surface area contributed by atoms with Crippen molar-refractivity contribution in [2.24, 2.45) is 0 Å². The van der Waals surface area contributed by atoms with Gasteiger partial charge in [-0.15, -0.1) is 0 Å². The third kappa shape index (κ3) is 5.86. The summed E-state index contributed by atoms with van der Waals surface area (Å²) in [4.78, 5) is 34.5. The van der Waals surface area contributed by atoms with E-state index in [1.165, 1.54) is 11.8 Å². The van der Waals surface area contributed by atoms with Crippen molar-refractivity contribution in [1.82, 2.24) is 15.5 Å². The molecule has 7 nitrogen and oxygen atoms in total. The Morgan fingerprint density at radius 2 is 1.82 bits per heavy atom. The predicted molar refractivity (Wildman–Crippen MR) is 61.4 cm³/mol. The number of carboxylic acids is 1. The molecular formula is C10H19N3O4. The fourth-order valence-corrected chi connectivity index (χ4v) is 1.21. The zero-order chi connectivity index (χ0) is 13.6. The molecule has 0 aromatic carbocycles. The van der Waals surface area contributed by atoms with E-state index in [4.69, 9.17) is 5.11 Å². The third-order valence-electron chi connectivity index (χ3n) is 2.11. The van der Waals surface area contributed by atoms with Gasteiger partial charge in [0.15, 0.2) is 0 Å².